The molecule has 0 atom stereocenters. The molecule has 0 amide bonds. The second kappa shape index (κ2) is 6.31. The summed E-state index contributed by atoms with van der Waals surface area (Å²) in [6, 6.07) is 5.32. The molecule has 5 heteroatoms. The van der Waals surface area contributed by atoms with Crippen LogP contribution in [0.15, 0.2) is 23.4 Å². The van der Waals surface area contributed by atoms with Gasteiger partial charge in [-0.1, -0.05) is 5.16 Å². The molecule has 0 heterocycles. The van der Waals surface area contributed by atoms with Crippen molar-refractivity contribution in [3.8, 4) is 11.5 Å². The fraction of sp³-hybridized carbons (Fsp3) is 0.500. The van der Waals surface area contributed by atoms with Crippen LogP contribution in [0.1, 0.15) is 38.2 Å². The van der Waals surface area contributed by atoms with Gasteiger partial charge < -0.3 is 20.4 Å². The lowest BCUT2D eigenvalue weighted by molar-refractivity contribution is 0.197. The summed E-state index contributed by atoms with van der Waals surface area (Å²) >= 11 is 0. The highest BCUT2D eigenvalue weighted by atomic mass is 16.5. The van der Waals surface area contributed by atoms with E-state index < -0.39 is 0 Å². The Kier molecular flexibility index (Phi) is 4.49. The molecular weight excluding hydrogens is 244 g/mol. The van der Waals surface area contributed by atoms with Crippen LogP contribution in [0, 0.1) is 0 Å². The van der Waals surface area contributed by atoms with Crippen LogP contribution in [0.4, 0.5) is 0 Å². The molecule has 0 aromatic heterocycles. The fourth-order valence-electron chi connectivity index (χ4n) is 2.28. The molecule has 0 spiro atoms. The maximum absolute atomic E-state index is 8.70. The van der Waals surface area contributed by atoms with Crippen LogP contribution >= 0.6 is 0 Å². The topological polar surface area (TPSA) is 77.1 Å². The van der Waals surface area contributed by atoms with E-state index in [1.165, 1.54) is 12.8 Å². The van der Waals surface area contributed by atoms with E-state index in [0.717, 1.165) is 18.6 Å². The quantitative estimate of drug-likeness (QED) is 0.371. The van der Waals surface area contributed by atoms with E-state index in [-0.39, 0.29) is 11.9 Å². The van der Waals surface area contributed by atoms with Crippen LogP contribution in [-0.2, 0) is 0 Å². The van der Waals surface area contributed by atoms with Crippen molar-refractivity contribution in [3.63, 3.8) is 0 Å². The van der Waals surface area contributed by atoms with Crippen molar-refractivity contribution in [2.45, 2.75) is 38.7 Å². The highest BCUT2D eigenvalue weighted by molar-refractivity contribution is 5.97. The first-order valence-electron chi connectivity index (χ1n) is 6.66. The van der Waals surface area contributed by atoms with E-state index in [0.29, 0.717) is 17.9 Å². The zero-order valence-electron chi connectivity index (χ0n) is 11.1. The van der Waals surface area contributed by atoms with Crippen molar-refractivity contribution in [2.75, 3.05) is 6.61 Å². The first-order chi connectivity index (χ1) is 9.24. The van der Waals surface area contributed by atoms with Gasteiger partial charge in [0.1, 0.15) is 0 Å². The minimum Gasteiger partial charge on any atom is -0.490 e. The summed E-state index contributed by atoms with van der Waals surface area (Å²) in [4.78, 5) is 0. The van der Waals surface area contributed by atoms with Gasteiger partial charge in [0.05, 0.1) is 12.7 Å². The third kappa shape index (κ3) is 3.30. The largest absolute Gasteiger partial charge is 0.490 e. The lowest BCUT2D eigenvalue weighted by atomic mass is 10.2. The molecule has 1 fully saturated rings. The molecular formula is C14H20N2O3. The van der Waals surface area contributed by atoms with Crippen LogP contribution < -0.4 is 15.2 Å². The van der Waals surface area contributed by atoms with E-state index in [2.05, 4.69) is 5.16 Å². The van der Waals surface area contributed by atoms with Gasteiger partial charge in [-0.3, -0.25) is 0 Å². The Labute approximate surface area is 113 Å². The Balaban J connectivity index is 2.21. The molecule has 19 heavy (non-hydrogen) atoms. The number of oxime groups is 1. The number of hydrogen-bond acceptors (Lipinski definition) is 4. The lowest BCUT2D eigenvalue weighted by Crippen LogP contribution is -2.15. The Bertz CT molecular complexity index is 454. The normalized spacial score (nSPS) is 16.6. The van der Waals surface area contributed by atoms with Gasteiger partial charge in [-0.15, -0.1) is 0 Å². The number of hydrogen-bond donors (Lipinski definition) is 2. The van der Waals surface area contributed by atoms with Gasteiger partial charge in [0, 0.05) is 5.56 Å². The highest BCUT2D eigenvalue weighted by Gasteiger charge is 2.19. The Morgan fingerprint density at radius 1 is 1.37 bits per heavy atom. The van der Waals surface area contributed by atoms with Gasteiger partial charge in [0.15, 0.2) is 17.3 Å². The van der Waals surface area contributed by atoms with E-state index in [9.17, 15) is 0 Å². The molecule has 104 valence electrons. The maximum Gasteiger partial charge on any atom is 0.170 e. The number of rotatable bonds is 5. The summed E-state index contributed by atoms with van der Waals surface area (Å²) in [5, 5.41) is 11.7. The average molecular weight is 264 g/mol. The van der Waals surface area contributed by atoms with E-state index in [1.807, 2.05) is 13.0 Å². The van der Waals surface area contributed by atoms with E-state index in [4.69, 9.17) is 20.4 Å². The number of benzene rings is 1. The van der Waals surface area contributed by atoms with Crippen molar-refractivity contribution >= 4 is 5.84 Å². The van der Waals surface area contributed by atoms with Crippen LogP contribution in [0.25, 0.3) is 0 Å². The number of amidine groups is 1. The maximum atomic E-state index is 8.70. The first-order valence-corrected chi connectivity index (χ1v) is 6.66. The SMILES string of the molecule is CCOc1cc(/C(N)=N/O)ccc1OC1CCCC1. The van der Waals surface area contributed by atoms with Crippen LogP contribution in [-0.4, -0.2) is 23.8 Å². The Hall–Kier alpha value is -1.91. The Morgan fingerprint density at radius 2 is 2.11 bits per heavy atom. The Morgan fingerprint density at radius 3 is 2.74 bits per heavy atom. The van der Waals surface area contributed by atoms with Gasteiger partial charge in [-0.25, -0.2) is 0 Å². The number of nitrogens with zero attached hydrogens (tertiary/aromatic N) is 1. The third-order valence-corrected chi connectivity index (χ3v) is 3.24. The first kappa shape index (κ1) is 13.5. The zero-order valence-corrected chi connectivity index (χ0v) is 11.1. The van der Waals surface area contributed by atoms with Crippen LogP contribution in [0.2, 0.25) is 0 Å². The zero-order chi connectivity index (χ0) is 13.7. The van der Waals surface area contributed by atoms with Crippen molar-refractivity contribution in [3.05, 3.63) is 23.8 Å². The molecule has 0 radical (unpaired) electrons. The molecule has 1 aliphatic rings. The molecule has 0 unspecified atom stereocenters. The molecule has 1 aromatic carbocycles. The third-order valence-electron chi connectivity index (χ3n) is 3.24. The van der Waals surface area contributed by atoms with Gasteiger partial charge in [0.25, 0.3) is 0 Å². The molecule has 5 nitrogen and oxygen atoms in total. The summed E-state index contributed by atoms with van der Waals surface area (Å²) in [5.74, 6) is 1.43. The molecule has 0 bridgehead atoms. The van der Waals surface area contributed by atoms with E-state index >= 15 is 0 Å². The second-order valence-corrected chi connectivity index (χ2v) is 4.60. The molecule has 3 N–H and O–H groups in total. The summed E-state index contributed by atoms with van der Waals surface area (Å²) in [7, 11) is 0. The number of ether oxygens (including phenoxy) is 2. The molecule has 1 aromatic rings. The smallest absolute Gasteiger partial charge is 0.170 e. The standard InChI is InChI=1S/C14H20N2O3/c1-2-18-13-9-10(14(15)16-17)7-8-12(13)19-11-5-3-4-6-11/h7-9,11,17H,2-6H2,1H3,(H2,15,16). The predicted molar refractivity (Wildman–Crippen MR) is 73.0 cm³/mol. The predicted octanol–water partition coefficient (Wildman–Crippen LogP) is 2.50. The van der Waals surface area contributed by atoms with Crippen molar-refractivity contribution in [2.24, 2.45) is 10.9 Å². The van der Waals surface area contributed by atoms with Crippen molar-refractivity contribution in [1.29, 1.82) is 0 Å². The highest BCUT2D eigenvalue weighted by Crippen LogP contribution is 2.32. The van der Waals surface area contributed by atoms with Gasteiger partial charge in [-0.05, 0) is 50.8 Å². The van der Waals surface area contributed by atoms with Gasteiger partial charge in [-0.2, -0.15) is 0 Å². The molecule has 2 rings (SSSR count). The van der Waals surface area contributed by atoms with Gasteiger partial charge in [0.2, 0.25) is 0 Å². The van der Waals surface area contributed by atoms with Crippen LogP contribution in [0.5, 0.6) is 11.5 Å². The molecule has 1 saturated carbocycles. The minimum absolute atomic E-state index is 0.0633. The number of nitrogens with two attached hydrogens (primary N) is 1. The summed E-state index contributed by atoms with van der Waals surface area (Å²) in [5.41, 5.74) is 6.19. The fourth-order valence-corrected chi connectivity index (χ4v) is 2.28. The summed E-state index contributed by atoms with van der Waals surface area (Å²) in [6.07, 6.45) is 4.89. The minimum atomic E-state index is 0.0633. The monoisotopic (exact) mass is 264 g/mol. The molecule has 1 aliphatic carbocycles. The lowest BCUT2D eigenvalue weighted by Gasteiger charge is -2.17. The summed E-state index contributed by atoms with van der Waals surface area (Å²) < 4.78 is 11.5. The molecule has 0 aliphatic heterocycles. The second-order valence-electron chi connectivity index (χ2n) is 4.60. The van der Waals surface area contributed by atoms with Crippen molar-refractivity contribution in [1.82, 2.24) is 0 Å². The van der Waals surface area contributed by atoms with E-state index in [1.54, 1.807) is 12.1 Å². The van der Waals surface area contributed by atoms with Crippen molar-refractivity contribution < 1.29 is 14.7 Å². The molecule has 0 saturated heterocycles. The van der Waals surface area contributed by atoms with Gasteiger partial charge >= 0.3 is 0 Å². The van der Waals surface area contributed by atoms with Crippen LogP contribution in [0.3, 0.4) is 0 Å². The average Bonchev–Trinajstić information content (AvgIpc) is 2.93. The summed E-state index contributed by atoms with van der Waals surface area (Å²) in [6.45, 7) is 2.45.